The lowest BCUT2D eigenvalue weighted by Gasteiger charge is -2.08. The lowest BCUT2D eigenvalue weighted by Crippen LogP contribution is -2.29. The Kier molecular flexibility index (Phi) is 3.49. The SMILES string of the molecule is CCONC(=O)C1CCC(O)C1. The highest BCUT2D eigenvalue weighted by atomic mass is 16.6. The maximum Gasteiger partial charge on any atom is 0.246 e. The number of hydrogen-bond acceptors (Lipinski definition) is 3. The number of rotatable bonds is 3. The number of hydrogen-bond donors (Lipinski definition) is 2. The zero-order chi connectivity index (χ0) is 8.97. The predicted molar refractivity (Wildman–Crippen MR) is 43.1 cm³/mol. The zero-order valence-corrected chi connectivity index (χ0v) is 7.25. The molecule has 1 aliphatic rings. The van der Waals surface area contributed by atoms with Gasteiger partial charge in [-0.3, -0.25) is 9.63 Å². The van der Waals surface area contributed by atoms with Gasteiger partial charge in [0.2, 0.25) is 5.91 Å². The molecule has 1 fully saturated rings. The molecule has 2 unspecified atom stereocenters. The maximum atomic E-state index is 11.2. The molecule has 70 valence electrons. The molecular formula is C8H15NO3. The van der Waals surface area contributed by atoms with Crippen molar-refractivity contribution in [2.75, 3.05) is 6.61 Å². The van der Waals surface area contributed by atoms with Crippen molar-refractivity contribution in [3.05, 3.63) is 0 Å². The third-order valence-electron chi connectivity index (χ3n) is 2.09. The normalized spacial score (nSPS) is 28.8. The van der Waals surface area contributed by atoms with Gasteiger partial charge in [0.1, 0.15) is 0 Å². The Hall–Kier alpha value is -0.610. The highest BCUT2D eigenvalue weighted by molar-refractivity contribution is 5.77. The summed E-state index contributed by atoms with van der Waals surface area (Å²) in [4.78, 5) is 16.0. The fourth-order valence-electron chi connectivity index (χ4n) is 1.42. The second kappa shape index (κ2) is 4.42. The summed E-state index contributed by atoms with van der Waals surface area (Å²) in [7, 11) is 0. The van der Waals surface area contributed by atoms with Gasteiger partial charge < -0.3 is 5.11 Å². The summed E-state index contributed by atoms with van der Waals surface area (Å²) in [5.74, 6) is -0.167. The fourth-order valence-corrected chi connectivity index (χ4v) is 1.42. The molecular weight excluding hydrogens is 158 g/mol. The van der Waals surface area contributed by atoms with Gasteiger partial charge in [-0.2, -0.15) is 0 Å². The number of hydroxylamine groups is 1. The number of nitrogens with one attached hydrogen (secondary N) is 1. The summed E-state index contributed by atoms with van der Waals surface area (Å²) >= 11 is 0. The predicted octanol–water partition coefficient (Wildman–Crippen LogP) is 0.215. The summed E-state index contributed by atoms with van der Waals surface area (Å²) in [6.45, 7) is 2.28. The van der Waals surface area contributed by atoms with Crippen LogP contribution in [0.25, 0.3) is 0 Å². The Bertz CT molecular complexity index is 160. The second-order valence-corrected chi connectivity index (χ2v) is 3.06. The van der Waals surface area contributed by atoms with Gasteiger partial charge in [0.15, 0.2) is 0 Å². The molecule has 4 heteroatoms. The molecule has 0 aliphatic heterocycles. The molecule has 1 amide bonds. The number of carbonyl (C=O) groups is 1. The van der Waals surface area contributed by atoms with Gasteiger partial charge in [0.05, 0.1) is 12.7 Å². The number of carbonyl (C=O) groups excluding carboxylic acids is 1. The highest BCUT2D eigenvalue weighted by Crippen LogP contribution is 2.25. The summed E-state index contributed by atoms with van der Waals surface area (Å²) < 4.78 is 0. The highest BCUT2D eigenvalue weighted by Gasteiger charge is 2.28. The quantitative estimate of drug-likeness (QED) is 0.600. The van der Waals surface area contributed by atoms with Crippen LogP contribution in [0.3, 0.4) is 0 Å². The molecule has 2 atom stereocenters. The molecule has 12 heavy (non-hydrogen) atoms. The molecule has 1 saturated carbocycles. The Morgan fingerprint density at radius 2 is 2.42 bits per heavy atom. The molecule has 0 saturated heterocycles. The first kappa shape index (κ1) is 9.48. The van der Waals surface area contributed by atoms with Crippen molar-refractivity contribution in [3.8, 4) is 0 Å². The van der Waals surface area contributed by atoms with Crippen molar-refractivity contribution in [2.24, 2.45) is 5.92 Å². The first-order valence-electron chi connectivity index (χ1n) is 4.33. The molecule has 2 N–H and O–H groups in total. The van der Waals surface area contributed by atoms with Crippen molar-refractivity contribution in [1.29, 1.82) is 0 Å². The number of aliphatic hydroxyl groups excluding tert-OH is 1. The zero-order valence-electron chi connectivity index (χ0n) is 7.25. The van der Waals surface area contributed by atoms with E-state index < -0.39 is 0 Å². The van der Waals surface area contributed by atoms with E-state index in [1.807, 2.05) is 6.92 Å². The van der Waals surface area contributed by atoms with Crippen molar-refractivity contribution < 1.29 is 14.7 Å². The van der Waals surface area contributed by atoms with Crippen molar-refractivity contribution in [1.82, 2.24) is 5.48 Å². The van der Waals surface area contributed by atoms with E-state index in [0.717, 1.165) is 12.8 Å². The summed E-state index contributed by atoms with van der Waals surface area (Å²) in [5.41, 5.74) is 2.34. The van der Waals surface area contributed by atoms with E-state index in [1.165, 1.54) is 0 Å². The van der Waals surface area contributed by atoms with Crippen LogP contribution in [0.1, 0.15) is 26.2 Å². The van der Waals surface area contributed by atoms with E-state index in [-0.39, 0.29) is 17.9 Å². The minimum atomic E-state index is -0.303. The van der Waals surface area contributed by atoms with Gasteiger partial charge in [0, 0.05) is 5.92 Å². The third-order valence-corrected chi connectivity index (χ3v) is 2.09. The van der Waals surface area contributed by atoms with E-state index in [1.54, 1.807) is 0 Å². The van der Waals surface area contributed by atoms with Crippen LogP contribution in [-0.2, 0) is 9.63 Å². The largest absolute Gasteiger partial charge is 0.393 e. The minimum absolute atomic E-state index is 0.0634. The van der Waals surface area contributed by atoms with Gasteiger partial charge in [0.25, 0.3) is 0 Å². The van der Waals surface area contributed by atoms with Gasteiger partial charge >= 0.3 is 0 Å². The number of aliphatic hydroxyl groups is 1. The minimum Gasteiger partial charge on any atom is -0.393 e. The lowest BCUT2D eigenvalue weighted by molar-refractivity contribution is -0.137. The van der Waals surface area contributed by atoms with E-state index in [2.05, 4.69) is 5.48 Å². The van der Waals surface area contributed by atoms with Crippen LogP contribution < -0.4 is 5.48 Å². The van der Waals surface area contributed by atoms with Crippen LogP contribution in [0.15, 0.2) is 0 Å². The first-order chi connectivity index (χ1) is 5.74. The average Bonchev–Trinajstić information content (AvgIpc) is 2.47. The van der Waals surface area contributed by atoms with Crippen LogP contribution in [0.4, 0.5) is 0 Å². The fraction of sp³-hybridized carbons (Fsp3) is 0.875. The Morgan fingerprint density at radius 3 is 2.92 bits per heavy atom. The van der Waals surface area contributed by atoms with E-state index in [4.69, 9.17) is 9.94 Å². The average molecular weight is 173 g/mol. The Morgan fingerprint density at radius 1 is 1.67 bits per heavy atom. The van der Waals surface area contributed by atoms with Gasteiger partial charge in [-0.25, -0.2) is 5.48 Å². The molecule has 0 aromatic heterocycles. The van der Waals surface area contributed by atoms with Crippen LogP contribution >= 0.6 is 0 Å². The van der Waals surface area contributed by atoms with Gasteiger partial charge in [-0.1, -0.05) is 0 Å². The molecule has 0 radical (unpaired) electrons. The molecule has 0 spiro atoms. The van der Waals surface area contributed by atoms with Crippen LogP contribution in [0.5, 0.6) is 0 Å². The second-order valence-electron chi connectivity index (χ2n) is 3.06. The molecule has 0 bridgehead atoms. The van der Waals surface area contributed by atoms with Crippen molar-refractivity contribution in [3.63, 3.8) is 0 Å². The van der Waals surface area contributed by atoms with Crippen LogP contribution in [-0.4, -0.2) is 23.7 Å². The Labute approximate surface area is 71.9 Å². The van der Waals surface area contributed by atoms with Gasteiger partial charge in [-0.15, -0.1) is 0 Å². The summed E-state index contributed by atoms with van der Waals surface area (Å²) in [6.07, 6.45) is 1.76. The molecule has 0 aromatic rings. The van der Waals surface area contributed by atoms with Crippen molar-refractivity contribution >= 4 is 5.91 Å². The van der Waals surface area contributed by atoms with E-state index >= 15 is 0 Å². The summed E-state index contributed by atoms with van der Waals surface area (Å²) in [5, 5.41) is 9.15. The Balaban J connectivity index is 2.23. The summed E-state index contributed by atoms with van der Waals surface area (Å²) in [6, 6.07) is 0. The van der Waals surface area contributed by atoms with Crippen LogP contribution in [0.2, 0.25) is 0 Å². The van der Waals surface area contributed by atoms with Crippen LogP contribution in [0, 0.1) is 5.92 Å². The molecule has 4 nitrogen and oxygen atoms in total. The topological polar surface area (TPSA) is 58.6 Å². The standard InChI is InChI=1S/C8H15NO3/c1-2-12-9-8(11)6-3-4-7(10)5-6/h6-7,10H,2-5H2,1H3,(H,9,11). The smallest absolute Gasteiger partial charge is 0.246 e. The maximum absolute atomic E-state index is 11.2. The molecule has 1 aliphatic carbocycles. The first-order valence-corrected chi connectivity index (χ1v) is 4.33. The molecule has 0 heterocycles. The van der Waals surface area contributed by atoms with E-state index in [0.29, 0.717) is 13.0 Å². The molecule has 1 rings (SSSR count). The van der Waals surface area contributed by atoms with Gasteiger partial charge in [-0.05, 0) is 26.2 Å². The third kappa shape index (κ3) is 2.46. The van der Waals surface area contributed by atoms with E-state index in [9.17, 15) is 4.79 Å². The monoisotopic (exact) mass is 173 g/mol. The van der Waals surface area contributed by atoms with Crippen molar-refractivity contribution in [2.45, 2.75) is 32.3 Å². The molecule has 0 aromatic carbocycles. The number of amides is 1. The lowest BCUT2D eigenvalue weighted by atomic mass is 10.1.